The van der Waals surface area contributed by atoms with E-state index in [1.807, 2.05) is 37.6 Å². The molecule has 1 aromatic carbocycles. The molecule has 2 nitrogen and oxygen atoms in total. The Morgan fingerprint density at radius 1 is 1.14 bits per heavy atom. The lowest BCUT2D eigenvalue weighted by molar-refractivity contribution is -0.364. The van der Waals surface area contributed by atoms with Gasteiger partial charge in [0.05, 0.1) is 16.1 Å². The minimum atomic E-state index is -0.239. The van der Waals surface area contributed by atoms with Gasteiger partial charge in [-0.05, 0) is 43.5 Å². The number of pyridine rings is 1. The summed E-state index contributed by atoms with van der Waals surface area (Å²) in [6, 6.07) is 8.61. The van der Waals surface area contributed by atoms with Gasteiger partial charge in [-0.2, -0.15) is 0 Å². The Morgan fingerprint density at radius 3 is 2.68 bits per heavy atom. The third-order valence-corrected chi connectivity index (χ3v) is 4.03. The quantitative estimate of drug-likeness (QED) is 0.628. The van der Waals surface area contributed by atoms with E-state index < -0.39 is 0 Å². The number of rotatable bonds is 1. The van der Waals surface area contributed by atoms with Crippen molar-refractivity contribution in [3.63, 3.8) is 0 Å². The van der Waals surface area contributed by atoms with E-state index in [0.29, 0.717) is 0 Å². The van der Waals surface area contributed by atoms with Crippen LogP contribution in [0.15, 0.2) is 41.9 Å². The first kappa shape index (κ1) is 14.4. The van der Waals surface area contributed by atoms with Crippen LogP contribution < -0.4 is 4.98 Å². The molecule has 0 bridgehead atoms. The van der Waals surface area contributed by atoms with Crippen LogP contribution in [0.4, 0.5) is 4.39 Å². The molecular formula is C18H14FN2S+. The third-order valence-electron chi connectivity index (χ3n) is 3.26. The fraction of sp³-hybridized carbons (Fsp3) is 0.111. The van der Waals surface area contributed by atoms with Crippen LogP contribution >= 0.6 is 11.3 Å². The summed E-state index contributed by atoms with van der Waals surface area (Å²) in [5.74, 6) is 5.86. The number of aromatic nitrogens is 2. The Balaban J connectivity index is 1.87. The summed E-state index contributed by atoms with van der Waals surface area (Å²) in [6.07, 6.45) is 1.83. The average molecular weight is 309 g/mol. The number of hydrogen-bond donors (Lipinski definition) is 0. The van der Waals surface area contributed by atoms with Crippen molar-refractivity contribution in [2.24, 2.45) is 0 Å². The third kappa shape index (κ3) is 3.21. The molecule has 2 aromatic heterocycles. The van der Waals surface area contributed by atoms with Gasteiger partial charge in [-0.25, -0.2) is 14.4 Å². The molecule has 0 aliphatic carbocycles. The largest absolute Gasteiger partial charge is 0.233 e. The molecule has 0 unspecified atom stereocenters. The molecule has 1 N–H and O–H groups in total. The van der Waals surface area contributed by atoms with Gasteiger partial charge >= 0.3 is 0 Å². The van der Waals surface area contributed by atoms with Crippen LogP contribution in [0.1, 0.15) is 21.8 Å². The second-order valence-electron chi connectivity index (χ2n) is 4.95. The molecule has 0 aliphatic heterocycles. The minimum Gasteiger partial charge on any atom is -0.233 e. The lowest BCUT2D eigenvalue weighted by Gasteiger charge is -2.01. The van der Waals surface area contributed by atoms with Gasteiger partial charge in [-0.1, -0.05) is 12.0 Å². The molecule has 0 saturated carbocycles. The smallest absolute Gasteiger partial charge is 0.211 e. The molecule has 108 valence electrons. The fourth-order valence-corrected chi connectivity index (χ4v) is 2.66. The molecular weight excluding hydrogens is 295 g/mol. The fourth-order valence-electron chi connectivity index (χ4n) is 2.11. The van der Waals surface area contributed by atoms with Gasteiger partial charge in [0.1, 0.15) is 11.5 Å². The summed E-state index contributed by atoms with van der Waals surface area (Å²) in [5.41, 5.74) is 4.40. The Bertz CT molecular complexity index is 870. The standard InChI is InChI=1S/C18H13FN2S/c1-12-3-6-15(19)9-17(12)18-8-5-14(10-20-18)4-7-16-11-22-13(2)21-16/h3,5-6,8-11H,1-2H3/p+1. The van der Waals surface area contributed by atoms with Crippen LogP contribution in [-0.4, -0.2) is 4.98 Å². The van der Waals surface area contributed by atoms with Crippen LogP contribution in [0.2, 0.25) is 0 Å². The number of halogens is 1. The summed E-state index contributed by atoms with van der Waals surface area (Å²) in [7, 11) is 0. The maximum absolute atomic E-state index is 13.4. The van der Waals surface area contributed by atoms with E-state index in [-0.39, 0.29) is 5.82 Å². The summed E-state index contributed by atoms with van der Waals surface area (Å²) in [5, 5.41) is 2.95. The Kier molecular flexibility index (Phi) is 3.99. The summed E-state index contributed by atoms with van der Waals surface area (Å²) >= 11 is 1.59. The van der Waals surface area contributed by atoms with Gasteiger partial charge in [-0.3, -0.25) is 0 Å². The molecule has 0 atom stereocenters. The first-order valence-corrected chi connectivity index (χ1v) is 7.72. The van der Waals surface area contributed by atoms with Gasteiger partial charge in [0.2, 0.25) is 5.69 Å². The number of hydrogen-bond acceptors (Lipinski definition) is 2. The monoisotopic (exact) mass is 309 g/mol. The molecule has 0 radical (unpaired) electrons. The molecule has 3 rings (SSSR count). The molecule has 22 heavy (non-hydrogen) atoms. The molecule has 0 amide bonds. The number of aromatic amines is 1. The Morgan fingerprint density at radius 2 is 2.00 bits per heavy atom. The van der Waals surface area contributed by atoms with Crippen molar-refractivity contribution >= 4 is 11.3 Å². The lowest BCUT2D eigenvalue weighted by atomic mass is 10.0. The Hall–Kier alpha value is -2.51. The molecule has 0 fully saturated rings. The molecule has 4 heteroatoms. The van der Waals surface area contributed by atoms with Crippen molar-refractivity contribution in [1.29, 1.82) is 0 Å². The van der Waals surface area contributed by atoms with Gasteiger partial charge in [0.25, 0.3) is 0 Å². The average Bonchev–Trinajstić information content (AvgIpc) is 2.94. The highest BCUT2D eigenvalue weighted by atomic mass is 32.1. The Labute approximate surface area is 132 Å². The van der Waals surface area contributed by atoms with Crippen molar-refractivity contribution in [2.75, 3.05) is 0 Å². The second-order valence-corrected chi connectivity index (χ2v) is 6.01. The van der Waals surface area contributed by atoms with E-state index in [9.17, 15) is 4.39 Å². The number of thiazole rings is 1. The first-order valence-electron chi connectivity index (χ1n) is 6.84. The van der Waals surface area contributed by atoms with E-state index in [1.165, 1.54) is 12.1 Å². The molecule has 3 aromatic rings. The van der Waals surface area contributed by atoms with Gasteiger partial charge in [-0.15, -0.1) is 11.3 Å². The summed E-state index contributed by atoms with van der Waals surface area (Å²) in [4.78, 5) is 7.48. The van der Waals surface area contributed by atoms with Crippen molar-refractivity contribution in [2.45, 2.75) is 13.8 Å². The molecule has 0 spiro atoms. The second kappa shape index (κ2) is 6.08. The molecule has 0 aliphatic rings. The maximum atomic E-state index is 13.4. The van der Waals surface area contributed by atoms with Gasteiger partial charge < -0.3 is 0 Å². The molecule has 2 heterocycles. The van der Waals surface area contributed by atoms with Crippen molar-refractivity contribution in [1.82, 2.24) is 4.98 Å². The van der Waals surface area contributed by atoms with E-state index in [1.54, 1.807) is 17.4 Å². The van der Waals surface area contributed by atoms with E-state index in [4.69, 9.17) is 0 Å². The SMILES string of the molecule is Cc1nc(C#Cc2ccc(-c3cc(F)ccc3C)[nH+]c2)cs1. The summed E-state index contributed by atoms with van der Waals surface area (Å²) < 4.78 is 13.4. The highest BCUT2D eigenvalue weighted by Gasteiger charge is 2.09. The van der Waals surface area contributed by atoms with Crippen molar-refractivity contribution < 1.29 is 9.37 Å². The highest BCUT2D eigenvalue weighted by Crippen LogP contribution is 2.20. The van der Waals surface area contributed by atoms with Crippen LogP contribution in [0.25, 0.3) is 11.3 Å². The van der Waals surface area contributed by atoms with Crippen LogP contribution in [0, 0.1) is 31.5 Å². The van der Waals surface area contributed by atoms with Crippen molar-refractivity contribution in [3.05, 3.63) is 69.6 Å². The van der Waals surface area contributed by atoms with E-state index in [2.05, 4.69) is 21.8 Å². The predicted molar refractivity (Wildman–Crippen MR) is 86.0 cm³/mol. The number of nitrogens with one attached hydrogen (secondary N) is 1. The lowest BCUT2D eigenvalue weighted by Crippen LogP contribution is -2.07. The predicted octanol–water partition coefficient (Wildman–Crippen LogP) is 3.78. The number of H-pyrrole nitrogens is 1. The number of aryl methyl sites for hydroxylation is 2. The van der Waals surface area contributed by atoms with E-state index in [0.717, 1.165) is 33.1 Å². The van der Waals surface area contributed by atoms with E-state index >= 15 is 0 Å². The molecule has 0 saturated heterocycles. The zero-order valence-electron chi connectivity index (χ0n) is 12.3. The normalized spacial score (nSPS) is 10.1. The highest BCUT2D eigenvalue weighted by molar-refractivity contribution is 7.09. The first-order chi connectivity index (χ1) is 10.6. The number of nitrogens with zero attached hydrogens (tertiary/aromatic N) is 1. The van der Waals surface area contributed by atoms with Crippen LogP contribution in [-0.2, 0) is 0 Å². The summed E-state index contributed by atoms with van der Waals surface area (Å²) in [6.45, 7) is 3.92. The number of benzene rings is 1. The topological polar surface area (TPSA) is 27.0 Å². The van der Waals surface area contributed by atoms with Crippen molar-refractivity contribution in [3.8, 4) is 23.1 Å². The zero-order valence-corrected chi connectivity index (χ0v) is 13.1. The maximum Gasteiger partial charge on any atom is 0.211 e. The van der Waals surface area contributed by atoms with Crippen LogP contribution in [0.5, 0.6) is 0 Å². The zero-order chi connectivity index (χ0) is 15.5. The van der Waals surface area contributed by atoms with Gasteiger partial charge in [0, 0.05) is 11.4 Å². The minimum absolute atomic E-state index is 0.239. The van der Waals surface area contributed by atoms with Crippen LogP contribution in [0.3, 0.4) is 0 Å². The van der Waals surface area contributed by atoms with Gasteiger partial charge in [0.15, 0.2) is 6.20 Å².